The minimum absolute atomic E-state index is 0.0775. The maximum absolute atomic E-state index is 8.19. The second-order valence-electron chi connectivity index (χ2n) is 40.4. The molecule has 0 N–H and O–H groups in total. The molecule has 5 nitrogen and oxygen atoms in total. The number of allylic oxidation sites excluding steroid dienone is 4. The van der Waals surface area contributed by atoms with Crippen LogP contribution in [-0.4, -0.2) is 12.6 Å². The first kappa shape index (κ1) is 79.3. The topological polar surface area (TPSA) is 36.0 Å². The molecule has 23 aromatic rings. The number of rotatable bonds is 11. The SMILES string of the molecule is CC(C)(C)c1cccc(N(c2cc3oc4cc(N5C=CC=C(c6ccc7c(c6)-c6ccccc6C76c7ccccc7-c7ccccc76)C5)cc5c6cc(-c7ccc(-c8cccc(-c9ccc%10c(c9)-c9ccccc9C%10(C)C)c8)cc7)cc7oc8c(N9c%10ccccc%10C=C%10C=C(c%11c%12ccccc%12cc%12ccccc%11%12)C=CC%109)ccc(c(c2)c3c45)c8c76)c2ccc(-c3ccccc3)c3ccccc23)c1. The van der Waals surface area contributed by atoms with E-state index in [1.54, 1.807) is 0 Å². The van der Waals surface area contributed by atoms with Crippen LogP contribution in [0.5, 0.6) is 0 Å². The van der Waals surface area contributed by atoms with E-state index < -0.39 is 5.41 Å². The van der Waals surface area contributed by atoms with Gasteiger partial charge in [0.1, 0.15) is 16.7 Å². The molecule has 5 heteroatoms. The molecule has 0 amide bonds. The van der Waals surface area contributed by atoms with Crippen LogP contribution >= 0.6 is 0 Å². The van der Waals surface area contributed by atoms with Crippen LogP contribution < -0.4 is 14.7 Å². The molecular formula is C134H91N3O2. The van der Waals surface area contributed by atoms with Gasteiger partial charge >= 0.3 is 0 Å². The Hall–Kier alpha value is -17.1. The molecule has 1 unspecified atom stereocenters. The molecule has 0 bridgehead atoms. The van der Waals surface area contributed by atoms with Crippen molar-refractivity contribution in [3.05, 3.63) is 498 Å². The number of fused-ring (bicyclic) bond motifs is 20. The van der Waals surface area contributed by atoms with Gasteiger partial charge < -0.3 is 23.5 Å². The van der Waals surface area contributed by atoms with Gasteiger partial charge in [-0.15, -0.1) is 0 Å². The van der Waals surface area contributed by atoms with Crippen molar-refractivity contribution in [2.45, 2.75) is 56.9 Å². The van der Waals surface area contributed by atoms with Crippen molar-refractivity contribution in [1.29, 1.82) is 0 Å². The minimum Gasteiger partial charge on any atom is -0.456 e. The number of nitrogens with zero attached hydrogens (tertiary/aromatic N) is 3. The number of anilines is 6. The van der Waals surface area contributed by atoms with Crippen molar-refractivity contribution in [2.75, 3.05) is 21.2 Å². The fourth-order valence-electron chi connectivity index (χ4n) is 25.1. The van der Waals surface area contributed by atoms with Gasteiger partial charge in [0.25, 0.3) is 0 Å². The summed E-state index contributed by atoms with van der Waals surface area (Å²) in [7, 11) is 0. The number of furan rings is 2. The van der Waals surface area contributed by atoms with E-state index in [0.717, 1.165) is 138 Å². The summed E-state index contributed by atoms with van der Waals surface area (Å²) in [6.07, 6.45) is 16.5. The van der Waals surface area contributed by atoms with Gasteiger partial charge in [0.2, 0.25) is 0 Å². The molecule has 0 fully saturated rings. The Morgan fingerprint density at radius 1 is 0.345 bits per heavy atom. The highest BCUT2D eigenvalue weighted by Crippen LogP contribution is 2.64. The summed E-state index contributed by atoms with van der Waals surface area (Å²) in [6.45, 7) is 12.2. The highest BCUT2D eigenvalue weighted by atomic mass is 16.3. The maximum atomic E-state index is 8.19. The van der Waals surface area contributed by atoms with Crippen LogP contribution in [0.1, 0.15) is 90.3 Å². The first-order valence-electron chi connectivity index (χ1n) is 48.8. The van der Waals surface area contributed by atoms with Crippen molar-refractivity contribution in [3.63, 3.8) is 0 Å². The van der Waals surface area contributed by atoms with Crippen molar-refractivity contribution >= 4 is 149 Å². The lowest BCUT2D eigenvalue weighted by atomic mass is 9.70. The van der Waals surface area contributed by atoms with Gasteiger partial charge in [-0.1, -0.05) is 362 Å². The number of hydrogen-bond acceptors (Lipinski definition) is 5. The van der Waals surface area contributed by atoms with Crippen LogP contribution in [0.15, 0.2) is 451 Å². The molecule has 654 valence electrons. The molecule has 29 rings (SSSR count). The summed E-state index contributed by atoms with van der Waals surface area (Å²) in [4.78, 5) is 7.51. The highest BCUT2D eigenvalue weighted by Gasteiger charge is 2.52. The van der Waals surface area contributed by atoms with Crippen LogP contribution in [0.2, 0.25) is 0 Å². The van der Waals surface area contributed by atoms with Gasteiger partial charge in [0, 0.05) is 74.3 Å². The molecule has 1 spiro atoms. The van der Waals surface area contributed by atoms with Gasteiger partial charge in [-0.2, -0.15) is 0 Å². The van der Waals surface area contributed by atoms with E-state index in [1.807, 2.05) is 0 Å². The Morgan fingerprint density at radius 2 is 0.899 bits per heavy atom. The third kappa shape index (κ3) is 11.7. The summed E-state index contributed by atoms with van der Waals surface area (Å²) in [5.74, 6) is 0. The summed E-state index contributed by atoms with van der Waals surface area (Å²) in [5, 5.41) is 15.5. The number of para-hydroxylation sites is 1. The van der Waals surface area contributed by atoms with E-state index in [9.17, 15) is 0 Å². The standard InChI is InChI=1S/C134H91N3O2/c1-132(2,3)94-36-26-37-95(74-94)136(121-63-58-98(82-28-7-6-8-29-82)101-40-14-15-45-106(101)121)97-76-111-107-59-64-122(137-119-50-24-11-32-89(119)68-93-69-90(57-62-120(93)137)126-99-38-12-9-30-87(99)67-88-31-10-13-39-100(88)126)131-130(107)129-110(72-92(73-123(129)139-131)81-53-51-80(52-54-81)83-33-25-34-84(66-83)85-55-60-114-108(70-85)104-43-16-20-46-113(104)133(114,4)5)112-75-96(77-124-128(112)127(111)125(78-97)138-124)135-65-27-35-91(79-135)86-56-61-118-109(71-86)105-44-19-23-49-117(105)134(118)115-47-21-17-41-102(115)103-42-18-22-48-116(103)134/h6-78,120H,79H2,1-5H3. The van der Waals surface area contributed by atoms with Gasteiger partial charge in [-0.05, 0) is 301 Å². The van der Waals surface area contributed by atoms with E-state index in [4.69, 9.17) is 8.83 Å². The second kappa shape index (κ2) is 29.7. The highest BCUT2D eigenvalue weighted by molar-refractivity contribution is 6.38. The summed E-state index contributed by atoms with van der Waals surface area (Å²) in [5.41, 5.74) is 41.9. The molecular weight excluding hydrogens is 1680 g/mol. The van der Waals surface area contributed by atoms with Crippen molar-refractivity contribution in [2.24, 2.45) is 0 Å². The van der Waals surface area contributed by atoms with Crippen LogP contribution in [0.25, 0.3) is 193 Å². The van der Waals surface area contributed by atoms with Gasteiger partial charge in [0.15, 0.2) is 5.58 Å². The first-order chi connectivity index (χ1) is 68.3. The molecule has 2 aromatic heterocycles. The van der Waals surface area contributed by atoms with Crippen LogP contribution in [0.4, 0.5) is 34.1 Å². The summed E-state index contributed by atoms with van der Waals surface area (Å²) >= 11 is 0. The molecule has 139 heavy (non-hydrogen) atoms. The van der Waals surface area contributed by atoms with E-state index in [2.05, 4.69) is 492 Å². The molecule has 0 saturated carbocycles. The fraction of sp³-hybridized carbons (Fsp3) is 0.0746. The quantitative estimate of drug-likeness (QED) is 0.121. The molecule has 0 saturated heterocycles. The van der Waals surface area contributed by atoms with Crippen LogP contribution in [0, 0.1) is 0 Å². The van der Waals surface area contributed by atoms with Gasteiger partial charge in [-0.25, -0.2) is 0 Å². The fourth-order valence-corrected chi connectivity index (χ4v) is 25.1. The lowest BCUT2D eigenvalue weighted by Crippen LogP contribution is -2.34. The predicted octanol–water partition coefficient (Wildman–Crippen LogP) is 35.7. The molecule has 6 aliphatic rings. The number of benzene rings is 20. The first-order valence-corrected chi connectivity index (χ1v) is 48.8. The number of hydrogen-bond donors (Lipinski definition) is 0. The molecule has 4 heterocycles. The Kier molecular flexibility index (Phi) is 16.9. The third-order valence-electron chi connectivity index (χ3n) is 31.6. The van der Waals surface area contributed by atoms with E-state index in [0.29, 0.717) is 6.54 Å². The van der Waals surface area contributed by atoms with Crippen LogP contribution in [0.3, 0.4) is 0 Å². The zero-order chi connectivity index (χ0) is 92.0. The third-order valence-corrected chi connectivity index (χ3v) is 31.6. The molecule has 21 aromatic carbocycles. The molecule has 1 atom stereocenters. The van der Waals surface area contributed by atoms with Crippen molar-refractivity contribution in [3.8, 4) is 77.9 Å². The van der Waals surface area contributed by atoms with Crippen molar-refractivity contribution < 1.29 is 8.83 Å². The Morgan fingerprint density at radius 3 is 1.65 bits per heavy atom. The predicted molar refractivity (Wildman–Crippen MR) is 584 cm³/mol. The monoisotopic (exact) mass is 1770 g/mol. The second-order valence-corrected chi connectivity index (χ2v) is 40.4. The normalized spacial score (nSPS) is 15.1. The molecule has 4 aliphatic carbocycles. The maximum Gasteiger partial charge on any atom is 0.159 e. The lowest BCUT2D eigenvalue weighted by Gasteiger charge is -2.38. The lowest BCUT2D eigenvalue weighted by molar-refractivity contribution is 0.590. The Labute approximate surface area is 806 Å². The van der Waals surface area contributed by atoms with E-state index >= 15 is 0 Å². The zero-order valence-electron chi connectivity index (χ0n) is 77.6. The average Bonchev–Trinajstić information content (AvgIpc) is 1.51. The zero-order valence-corrected chi connectivity index (χ0v) is 77.6. The van der Waals surface area contributed by atoms with Gasteiger partial charge in [0.05, 0.1) is 28.5 Å². The average molecular weight is 1780 g/mol. The largest absolute Gasteiger partial charge is 0.456 e. The van der Waals surface area contributed by atoms with Crippen molar-refractivity contribution in [1.82, 2.24) is 0 Å². The summed E-state index contributed by atoms with van der Waals surface area (Å²) < 4.78 is 16.2. The van der Waals surface area contributed by atoms with Crippen LogP contribution in [-0.2, 0) is 16.2 Å². The smallest absolute Gasteiger partial charge is 0.159 e. The minimum atomic E-state index is -0.452. The molecule has 2 aliphatic heterocycles. The van der Waals surface area contributed by atoms with E-state index in [-0.39, 0.29) is 16.9 Å². The molecule has 0 radical (unpaired) electrons. The van der Waals surface area contributed by atoms with Gasteiger partial charge in [-0.3, -0.25) is 0 Å². The Bertz CT molecular complexity index is 9360. The summed E-state index contributed by atoms with van der Waals surface area (Å²) in [6, 6.07) is 151. The Balaban J connectivity index is 0.663. The van der Waals surface area contributed by atoms with E-state index in [1.165, 1.54) is 144 Å².